The van der Waals surface area contributed by atoms with Crippen molar-refractivity contribution in [3.05, 3.63) is 28.6 Å². The highest BCUT2D eigenvalue weighted by Gasteiger charge is 2.39. The maximum Gasteiger partial charge on any atom is 0.451 e. The van der Waals surface area contributed by atoms with Crippen LogP contribution in [0.3, 0.4) is 0 Å². The number of fused-ring (bicyclic) bond motifs is 1. The van der Waals surface area contributed by atoms with Gasteiger partial charge in [0.1, 0.15) is 16.7 Å². The first kappa shape index (κ1) is 13.3. The van der Waals surface area contributed by atoms with Gasteiger partial charge in [0.05, 0.1) is 6.54 Å². The maximum absolute atomic E-state index is 12.7. The molecule has 0 fully saturated rings. The quantitative estimate of drug-likeness (QED) is 0.736. The highest BCUT2D eigenvalue weighted by atomic mass is 79.9. The van der Waals surface area contributed by atoms with Crippen molar-refractivity contribution >= 4 is 21.7 Å². The van der Waals surface area contributed by atoms with Gasteiger partial charge >= 0.3 is 6.18 Å². The van der Waals surface area contributed by atoms with Crippen LogP contribution in [0.5, 0.6) is 0 Å². The molecule has 2 aromatic heterocycles. The molecular formula is C10H8BrF3N6. The highest BCUT2D eigenvalue weighted by molar-refractivity contribution is 9.10. The van der Waals surface area contributed by atoms with Crippen molar-refractivity contribution in [1.29, 1.82) is 0 Å². The number of halogens is 4. The largest absolute Gasteiger partial charge is 0.451 e. The van der Waals surface area contributed by atoms with Crippen LogP contribution < -0.4 is 4.90 Å². The topological polar surface area (TPSA) is 59.7 Å². The second kappa shape index (κ2) is 4.69. The fourth-order valence-corrected chi connectivity index (χ4v) is 2.36. The fraction of sp³-hybridized carbons (Fsp3) is 0.400. The molecule has 0 saturated carbocycles. The molecule has 0 unspecified atom stereocenters. The molecule has 0 N–H and O–H groups in total. The molecule has 2 aromatic rings. The van der Waals surface area contributed by atoms with Crippen molar-refractivity contribution in [2.24, 2.45) is 0 Å². The lowest BCUT2D eigenvalue weighted by Crippen LogP contribution is -2.35. The molecule has 0 spiro atoms. The summed E-state index contributed by atoms with van der Waals surface area (Å²) < 4.78 is 39.9. The van der Waals surface area contributed by atoms with Gasteiger partial charge in [0.25, 0.3) is 0 Å². The van der Waals surface area contributed by atoms with Crippen LogP contribution in [0.15, 0.2) is 17.0 Å². The molecule has 1 aliphatic heterocycles. The molecule has 0 bridgehead atoms. The lowest BCUT2D eigenvalue weighted by molar-refractivity contribution is -0.147. The summed E-state index contributed by atoms with van der Waals surface area (Å²) in [7, 11) is 0. The van der Waals surface area contributed by atoms with Crippen molar-refractivity contribution in [3.63, 3.8) is 0 Å². The van der Waals surface area contributed by atoms with Crippen LogP contribution in [0.25, 0.3) is 0 Å². The summed E-state index contributed by atoms with van der Waals surface area (Å²) in [5.74, 6) is -0.0380. The first-order chi connectivity index (χ1) is 9.45. The zero-order chi connectivity index (χ0) is 14.3. The highest BCUT2D eigenvalue weighted by Crippen LogP contribution is 2.30. The van der Waals surface area contributed by atoms with Crippen molar-refractivity contribution < 1.29 is 13.2 Å². The van der Waals surface area contributed by atoms with Gasteiger partial charge in [-0.1, -0.05) is 0 Å². The van der Waals surface area contributed by atoms with Crippen molar-refractivity contribution in [1.82, 2.24) is 24.7 Å². The molecule has 3 rings (SSSR count). The van der Waals surface area contributed by atoms with E-state index in [0.717, 1.165) is 4.57 Å². The fourth-order valence-electron chi connectivity index (χ4n) is 2.06. The van der Waals surface area contributed by atoms with E-state index in [4.69, 9.17) is 0 Å². The SMILES string of the molecule is FC(F)(F)c1nnc2n1CCN(c1cc(Br)ncn1)C2. The van der Waals surface area contributed by atoms with Gasteiger partial charge in [-0.05, 0) is 15.9 Å². The molecule has 0 radical (unpaired) electrons. The van der Waals surface area contributed by atoms with E-state index in [1.165, 1.54) is 6.33 Å². The lowest BCUT2D eigenvalue weighted by atomic mass is 10.3. The molecule has 0 aromatic carbocycles. The van der Waals surface area contributed by atoms with Gasteiger partial charge in [-0.25, -0.2) is 9.97 Å². The van der Waals surface area contributed by atoms with Gasteiger partial charge in [-0.2, -0.15) is 13.2 Å². The van der Waals surface area contributed by atoms with Gasteiger partial charge < -0.3 is 9.47 Å². The minimum absolute atomic E-state index is 0.165. The summed E-state index contributed by atoms with van der Waals surface area (Å²) in [6.45, 7) is 0.795. The Labute approximate surface area is 119 Å². The smallest absolute Gasteiger partial charge is 0.347 e. The number of hydrogen-bond donors (Lipinski definition) is 0. The van der Waals surface area contributed by atoms with Crippen LogP contribution in [0.4, 0.5) is 19.0 Å². The minimum Gasteiger partial charge on any atom is -0.347 e. The molecule has 3 heterocycles. The van der Waals surface area contributed by atoms with Gasteiger partial charge in [-0.3, -0.25) is 0 Å². The van der Waals surface area contributed by atoms with Crippen LogP contribution in [0.1, 0.15) is 11.6 Å². The average Bonchev–Trinajstić information content (AvgIpc) is 2.81. The molecule has 20 heavy (non-hydrogen) atoms. The third-order valence-corrected chi connectivity index (χ3v) is 3.38. The lowest BCUT2D eigenvalue weighted by Gasteiger charge is -2.28. The summed E-state index contributed by atoms with van der Waals surface area (Å²) >= 11 is 3.23. The molecule has 6 nitrogen and oxygen atoms in total. The predicted molar refractivity (Wildman–Crippen MR) is 65.8 cm³/mol. The van der Waals surface area contributed by atoms with E-state index in [1.807, 2.05) is 4.90 Å². The Kier molecular flexibility index (Phi) is 3.11. The molecule has 10 heteroatoms. The Balaban J connectivity index is 1.88. The minimum atomic E-state index is -4.48. The van der Waals surface area contributed by atoms with E-state index in [1.54, 1.807) is 6.07 Å². The second-order valence-electron chi connectivity index (χ2n) is 4.21. The van der Waals surface area contributed by atoms with Crippen molar-refractivity contribution in [2.75, 3.05) is 11.4 Å². The number of nitrogens with zero attached hydrogens (tertiary/aromatic N) is 6. The molecule has 0 amide bonds. The van der Waals surface area contributed by atoms with E-state index in [-0.39, 0.29) is 18.9 Å². The zero-order valence-corrected chi connectivity index (χ0v) is 11.6. The number of aromatic nitrogens is 5. The molecule has 106 valence electrons. The summed E-state index contributed by atoms with van der Waals surface area (Å²) in [6, 6.07) is 1.71. The third kappa shape index (κ3) is 2.35. The zero-order valence-electron chi connectivity index (χ0n) is 9.97. The van der Waals surface area contributed by atoms with Crippen LogP contribution in [-0.2, 0) is 19.3 Å². The first-order valence-corrected chi connectivity index (χ1v) is 6.46. The van der Waals surface area contributed by atoms with Crippen LogP contribution in [0.2, 0.25) is 0 Å². The van der Waals surface area contributed by atoms with Crippen molar-refractivity contribution in [3.8, 4) is 0 Å². The Hall–Kier alpha value is -1.71. The van der Waals surface area contributed by atoms with E-state index >= 15 is 0 Å². The predicted octanol–water partition coefficient (Wildman–Crippen LogP) is 1.87. The van der Waals surface area contributed by atoms with Gasteiger partial charge in [0, 0.05) is 19.2 Å². The molecular weight excluding hydrogens is 341 g/mol. The summed E-state index contributed by atoms with van der Waals surface area (Å²) in [4.78, 5) is 9.84. The van der Waals surface area contributed by atoms with Gasteiger partial charge in [0.15, 0.2) is 5.82 Å². The van der Waals surface area contributed by atoms with Gasteiger partial charge in [0.2, 0.25) is 5.82 Å². The number of rotatable bonds is 1. The van der Waals surface area contributed by atoms with Crippen LogP contribution >= 0.6 is 15.9 Å². The molecule has 1 aliphatic rings. The first-order valence-electron chi connectivity index (χ1n) is 5.67. The molecule has 0 aliphatic carbocycles. The molecule has 0 atom stereocenters. The van der Waals surface area contributed by atoms with Crippen molar-refractivity contribution in [2.45, 2.75) is 19.3 Å². The number of alkyl halides is 3. The monoisotopic (exact) mass is 348 g/mol. The Bertz CT molecular complexity index is 640. The summed E-state index contributed by atoms with van der Waals surface area (Å²) in [5, 5.41) is 6.85. The Morgan fingerprint density at radius 3 is 2.65 bits per heavy atom. The van der Waals surface area contributed by atoms with Gasteiger partial charge in [-0.15, -0.1) is 10.2 Å². The van der Waals surface area contributed by atoms with E-state index in [0.29, 0.717) is 17.0 Å². The maximum atomic E-state index is 12.7. The van der Waals surface area contributed by atoms with E-state index in [2.05, 4.69) is 36.1 Å². The van der Waals surface area contributed by atoms with E-state index < -0.39 is 12.0 Å². The number of anilines is 1. The van der Waals surface area contributed by atoms with Crippen LogP contribution in [0, 0.1) is 0 Å². The Morgan fingerprint density at radius 2 is 1.95 bits per heavy atom. The Morgan fingerprint density at radius 1 is 1.15 bits per heavy atom. The summed E-state index contributed by atoms with van der Waals surface area (Å²) in [6.07, 6.45) is -3.09. The average molecular weight is 349 g/mol. The number of hydrogen-bond acceptors (Lipinski definition) is 5. The van der Waals surface area contributed by atoms with E-state index in [9.17, 15) is 13.2 Å². The molecule has 0 saturated heterocycles. The third-order valence-electron chi connectivity index (χ3n) is 2.95. The normalized spacial score (nSPS) is 15.3. The summed E-state index contributed by atoms with van der Waals surface area (Å²) in [5.41, 5.74) is 0. The second-order valence-corrected chi connectivity index (χ2v) is 5.02. The van der Waals surface area contributed by atoms with Crippen LogP contribution in [-0.4, -0.2) is 31.3 Å². The standard InChI is InChI=1S/C10H8BrF3N6/c11-6-3-7(16-5-15-6)19-1-2-20-8(4-19)17-18-9(20)10(12,13)14/h3,5H,1-2,4H2.